The molecule has 1 aliphatic heterocycles. The summed E-state index contributed by atoms with van der Waals surface area (Å²) < 4.78 is 31.1. The molecule has 0 aliphatic carbocycles. The van der Waals surface area contributed by atoms with Crippen LogP contribution in [0.2, 0.25) is 0 Å². The van der Waals surface area contributed by atoms with Crippen LogP contribution in [0.15, 0.2) is 21.2 Å². The molecular formula is C9H8BrF2NO2. The number of carbonyl (C=O) groups is 1. The van der Waals surface area contributed by atoms with Gasteiger partial charge >= 0.3 is 0 Å². The Morgan fingerprint density at radius 3 is 2.73 bits per heavy atom. The number of likely N-dealkylation sites (tertiary alicyclic amines) is 1. The lowest BCUT2D eigenvalue weighted by Crippen LogP contribution is -2.31. The van der Waals surface area contributed by atoms with Gasteiger partial charge in [-0.2, -0.15) is 0 Å². The number of carbonyl (C=O) groups excluding carboxylic acids is 1. The van der Waals surface area contributed by atoms with Crippen LogP contribution in [-0.4, -0.2) is 29.8 Å². The molecule has 6 heteroatoms. The van der Waals surface area contributed by atoms with Crippen LogP contribution in [0.5, 0.6) is 0 Å². The Kier molecular flexibility index (Phi) is 2.54. The summed E-state index contributed by atoms with van der Waals surface area (Å²) in [7, 11) is 0. The van der Waals surface area contributed by atoms with E-state index in [-0.39, 0.29) is 18.7 Å². The van der Waals surface area contributed by atoms with Gasteiger partial charge in [0, 0.05) is 13.0 Å². The third kappa shape index (κ3) is 2.19. The zero-order valence-corrected chi connectivity index (χ0v) is 9.26. The molecule has 0 radical (unpaired) electrons. The van der Waals surface area contributed by atoms with Crippen LogP contribution in [0.4, 0.5) is 8.78 Å². The second-order valence-electron chi connectivity index (χ2n) is 3.44. The van der Waals surface area contributed by atoms with E-state index in [0.29, 0.717) is 4.67 Å². The van der Waals surface area contributed by atoms with Gasteiger partial charge in [-0.1, -0.05) is 0 Å². The van der Waals surface area contributed by atoms with Crippen molar-refractivity contribution in [3.63, 3.8) is 0 Å². The van der Waals surface area contributed by atoms with Crippen LogP contribution in [0.1, 0.15) is 17.0 Å². The third-order valence-corrected chi connectivity index (χ3v) is 2.67. The van der Waals surface area contributed by atoms with Crippen molar-refractivity contribution < 1.29 is 18.0 Å². The maximum Gasteiger partial charge on any atom is 0.289 e. The number of hydrogen-bond acceptors (Lipinski definition) is 2. The van der Waals surface area contributed by atoms with Gasteiger partial charge in [-0.15, -0.1) is 0 Å². The maximum absolute atomic E-state index is 12.8. The Bertz CT molecular complexity index is 391. The summed E-state index contributed by atoms with van der Waals surface area (Å²) in [6.45, 7) is -0.450. The number of hydrogen-bond donors (Lipinski definition) is 0. The SMILES string of the molecule is O=C(c1ccc(Br)o1)N1CCC(F)(F)C1. The highest BCUT2D eigenvalue weighted by Crippen LogP contribution is 2.28. The first-order chi connectivity index (χ1) is 6.98. The summed E-state index contributed by atoms with van der Waals surface area (Å²) in [5.74, 6) is -3.17. The molecule has 1 aromatic rings. The second-order valence-corrected chi connectivity index (χ2v) is 4.22. The molecule has 0 atom stereocenters. The van der Waals surface area contributed by atoms with E-state index in [4.69, 9.17) is 4.42 Å². The molecule has 0 bridgehead atoms. The van der Waals surface area contributed by atoms with Crippen molar-refractivity contribution >= 4 is 21.8 Å². The lowest BCUT2D eigenvalue weighted by atomic mass is 10.3. The minimum absolute atomic E-state index is 0.0736. The molecule has 0 aromatic carbocycles. The van der Waals surface area contributed by atoms with E-state index < -0.39 is 18.4 Å². The molecular weight excluding hydrogens is 272 g/mol. The number of alkyl halides is 2. The van der Waals surface area contributed by atoms with Crippen LogP contribution in [0, 0.1) is 0 Å². The van der Waals surface area contributed by atoms with Gasteiger partial charge in [-0.05, 0) is 28.1 Å². The van der Waals surface area contributed by atoms with Crippen LogP contribution >= 0.6 is 15.9 Å². The molecule has 0 unspecified atom stereocenters. The topological polar surface area (TPSA) is 33.5 Å². The van der Waals surface area contributed by atoms with Gasteiger partial charge in [0.2, 0.25) is 0 Å². The van der Waals surface area contributed by atoms with Crippen molar-refractivity contribution in [1.29, 1.82) is 0 Å². The molecule has 2 heterocycles. The van der Waals surface area contributed by atoms with Crippen molar-refractivity contribution in [2.75, 3.05) is 13.1 Å². The fraction of sp³-hybridized carbons (Fsp3) is 0.444. The van der Waals surface area contributed by atoms with E-state index in [1.165, 1.54) is 6.07 Å². The Morgan fingerprint density at radius 1 is 1.53 bits per heavy atom. The first-order valence-corrected chi connectivity index (χ1v) is 5.20. The molecule has 1 aliphatic rings. The number of rotatable bonds is 1. The molecule has 15 heavy (non-hydrogen) atoms. The first kappa shape index (κ1) is 10.6. The summed E-state index contributed by atoms with van der Waals surface area (Å²) in [6, 6.07) is 3.02. The van der Waals surface area contributed by atoms with Crippen molar-refractivity contribution in [2.24, 2.45) is 0 Å². The summed E-state index contributed by atoms with van der Waals surface area (Å²) in [4.78, 5) is 12.7. The third-order valence-electron chi connectivity index (χ3n) is 2.24. The normalized spacial score (nSPS) is 19.5. The fourth-order valence-corrected chi connectivity index (χ4v) is 1.80. The van der Waals surface area contributed by atoms with Gasteiger partial charge in [-0.3, -0.25) is 4.79 Å². The lowest BCUT2D eigenvalue weighted by Gasteiger charge is -2.13. The Balaban J connectivity index is 2.10. The summed E-state index contributed by atoms with van der Waals surface area (Å²) in [6.07, 6.45) is -0.277. The van der Waals surface area contributed by atoms with Crippen LogP contribution in [-0.2, 0) is 0 Å². The largest absolute Gasteiger partial charge is 0.444 e. The van der Waals surface area contributed by atoms with Gasteiger partial charge in [0.05, 0.1) is 6.54 Å². The average molecular weight is 280 g/mol. The Labute approximate surface area is 93.2 Å². The molecule has 1 aromatic heterocycles. The molecule has 1 fully saturated rings. The number of nitrogens with zero attached hydrogens (tertiary/aromatic N) is 1. The predicted molar refractivity (Wildman–Crippen MR) is 51.9 cm³/mol. The zero-order chi connectivity index (χ0) is 11.1. The predicted octanol–water partition coefficient (Wildman–Crippen LogP) is 2.52. The smallest absolute Gasteiger partial charge is 0.289 e. The van der Waals surface area contributed by atoms with Gasteiger partial charge < -0.3 is 9.32 Å². The van der Waals surface area contributed by atoms with E-state index in [0.717, 1.165) is 4.90 Å². The van der Waals surface area contributed by atoms with Crippen LogP contribution < -0.4 is 0 Å². The van der Waals surface area contributed by atoms with E-state index >= 15 is 0 Å². The van der Waals surface area contributed by atoms with Crippen molar-refractivity contribution in [3.05, 3.63) is 22.6 Å². The average Bonchev–Trinajstić information content (AvgIpc) is 2.71. The fourth-order valence-electron chi connectivity index (χ4n) is 1.49. The van der Waals surface area contributed by atoms with E-state index in [1.807, 2.05) is 0 Å². The highest BCUT2D eigenvalue weighted by molar-refractivity contribution is 9.10. The molecule has 3 nitrogen and oxygen atoms in total. The quantitative estimate of drug-likeness (QED) is 0.792. The molecule has 2 rings (SSSR count). The standard InChI is InChI=1S/C9H8BrF2NO2/c10-7-2-1-6(15-7)8(14)13-4-3-9(11,12)5-13/h1-2H,3-5H2. The number of halogens is 3. The van der Waals surface area contributed by atoms with Crippen LogP contribution in [0.3, 0.4) is 0 Å². The second kappa shape index (κ2) is 3.59. The Hall–Kier alpha value is -0.910. The molecule has 1 amide bonds. The highest BCUT2D eigenvalue weighted by Gasteiger charge is 2.41. The van der Waals surface area contributed by atoms with Crippen molar-refractivity contribution in [3.8, 4) is 0 Å². The molecule has 1 saturated heterocycles. The van der Waals surface area contributed by atoms with E-state index in [9.17, 15) is 13.6 Å². The first-order valence-electron chi connectivity index (χ1n) is 4.40. The van der Waals surface area contributed by atoms with Crippen LogP contribution in [0.25, 0.3) is 0 Å². The zero-order valence-electron chi connectivity index (χ0n) is 7.67. The summed E-state index contributed by atoms with van der Waals surface area (Å²) >= 11 is 3.05. The maximum atomic E-state index is 12.8. The van der Waals surface area contributed by atoms with Gasteiger partial charge in [-0.25, -0.2) is 8.78 Å². The Morgan fingerprint density at radius 2 is 2.27 bits per heavy atom. The number of furan rings is 1. The summed E-state index contributed by atoms with van der Waals surface area (Å²) in [5, 5.41) is 0. The monoisotopic (exact) mass is 279 g/mol. The molecule has 82 valence electrons. The van der Waals surface area contributed by atoms with Gasteiger partial charge in [0.25, 0.3) is 11.8 Å². The number of amides is 1. The molecule has 0 saturated carbocycles. The summed E-state index contributed by atoms with van der Waals surface area (Å²) in [5.41, 5.74) is 0. The molecule has 0 N–H and O–H groups in total. The van der Waals surface area contributed by atoms with Crippen molar-refractivity contribution in [2.45, 2.75) is 12.3 Å². The van der Waals surface area contributed by atoms with Crippen molar-refractivity contribution in [1.82, 2.24) is 4.90 Å². The van der Waals surface area contributed by atoms with Gasteiger partial charge in [0.1, 0.15) is 0 Å². The van der Waals surface area contributed by atoms with E-state index in [2.05, 4.69) is 15.9 Å². The van der Waals surface area contributed by atoms with E-state index in [1.54, 1.807) is 6.07 Å². The lowest BCUT2D eigenvalue weighted by molar-refractivity contribution is 0.0116. The highest BCUT2D eigenvalue weighted by atomic mass is 79.9. The minimum Gasteiger partial charge on any atom is -0.444 e. The van der Waals surface area contributed by atoms with Gasteiger partial charge in [0.15, 0.2) is 10.4 Å². The minimum atomic E-state index is -2.76. The molecule has 0 spiro atoms.